The molecule has 0 saturated carbocycles. The zero-order valence-corrected chi connectivity index (χ0v) is 17.7. The highest BCUT2D eigenvalue weighted by Crippen LogP contribution is 2.32. The lowest BCUT2D eigenvalue weighted by atomic mass is 10.1. The van der Waals surface area contributed by atoms with E-state index in [1.54, 1.807) is 20.3 Å². The Morgan fingerprint density at radius 2 is 1.79 bits per heavy atom. The van der Waals surface area contributed by atoms with E-state index in [4.69, 9.17) is 21.1 Å². The quantitative estimate of drug-likeness (QED) is 0.552. The molecular formula is C22H22ClNO4S. The predicted octanol–water partition coefficient (Wildman–Crippen LogP) is 4.48. The molecule has 29 heavy (non-hydrogen) atoms. The number of amides is 1. The van der Waals surface area contributed by atoms with E-state index in [1.807, 2.05) is 48.5 Å². The van der Waals surface area contributed by atoms with Crippen LogP contribution in [0.15, 0.2) is 54.6 Å². The number of benzene rings is 2. The van der Waals surface area contributed by atoms with E-state index >= 15 is 0 Å². The van der Waals surface area contributed by atoms with Crippen molar-refractivity contribution in [1.29, 1.82) is 0 Å². The van der Waals surface area contributed by atoms with Gasteiger partial charge >= 0.3 is 0 Å². The fourth-order valence-corrected chi connectivity index (χ4v) is 3.99. The van der Waals surface area contributed by atoms with Crippen molar-refractivity contribution < 1.29 is 19.4 Å². The molecule has 0 fully saturated rings. The number of nitrogens with one attached hydrogen (secondary N) is 1. The summed E-state index contributed by atoms with van der Waals surface area (Å²) in [6, 6.07) is 16.7. The van der Waals surface area contributed by atoms with Gasteiger partial charge < -0.3 is 19.9 Å². The van der Waals surface area contributed by atoms with Gasteiger partial charge in [-0.3, -0.25) is 4.79 Å². The highest BCUT2D eigenvalue weighted by molar-refractivity contribution is 7.15. The Morgan fingerprint density at radius 3 is 2.48 bits per heavy atom. The van der Waals surface area contributed by atoms with Crippen LogP contribution in [0, 0.1) is 0 Å². The van der Waals surface area contributed by atoms with E-state index in [0.717, 1.165) is 16.0 Å². The summed E-state index contributed by atoms with van der Waals surface area (Å²) in [6.07, 6.45) is -0.592. The topological polar surface area (TPSA) is 67.8 Å². The summed E-state index contributed by atoms with van der Waals surface area (Å²) in [4.78, 5) is 13.9. The summed E-state index contributed by atoms with van der Waals surface area (Å²) in [5.74, 6) is 0.879. The highest BCUT2D eigenvalue weighted by atomic mass is 35.5. The van der Waals surface area contributed by atoms with E-state index < -0.39 is 12.0 Å². The number of carbonyl (C=O) groups excluding carboxylic acids is 1. The van der Waals surface area contributed by atoms with Crippen LogP contribution in [0.25, 0.3) is 10.4 Å². The molecule has 0 aliphatic carbocycles. The number of thiophene rings is 1. The van der Waals surface area contributed by atoms with Gasteiger partial charge in [-0.2, -0.15) is 0 Å². The number of rotatable bonds is 8. The van der Waals surface area contributed by atoms with Crippen LogP contribution in [0.3, 0.4) is 0 Å². The summed E-state index contributed by atoms with van der Waals surface area (Å²) in [7, 11) is 3.17. The lowest BCUT2D eigenvalue weighted by Gasteiger charge is -2.11. The van der Waals surface area contributed by atoms with Crippen LogP contribution in [0.5, 0.6) is 11.5 Å². The number of aliphatic hydroxyl groups excluding tert-OH is 1. The average Bonchev–Trinajstić information content (AvgIpc) is 3.23. The number of aliphatic hydroxyl groups is 1. The van der Waals surface area contributed by atoms with Gasteiger partial charge in [0.1, 0.15) is 0 Å². The van der Waals surface area contributed by atoms with Crippen molar-refractivity contribution in [2.75, 3.05) is 20.8 Å². The van der Waals surface area contributed by atoms with Crippen LogP contribution < -0.4 is 14.8 Å². The molecule has 1 atom stereocenters. The Balaban J connectivity index is 1.56. The number of carbonyl (C=O) groups is 1. The van der Waals surface area contributed by atoms with E-state index in [2.05, 4.69) is 5.32 Å². The van der Waals surface area contributed by atoms with Gasteiger partial charge in [-0.25, -0.2) is 0 Å². The minimum atomic E-state index is -1.20. The van der Waals surface area contributed by atoms with Gasteiger partial charge in [0.05, 0.1) is 14.2 Å². The maximum absolute atomic E-state index is 12.3. The van der Waals surface area contributed by atoms with Crippen molar-refractivity contribution in [1.82, 2.24) is 5.32 Å². The van der Waals surface area contributed by atoms with Gasteiger partial charge in [0.25, 0.3) is 5.91 Å². The number of halogens is 1. The zero-order chi connectivity index (χ0) is 20.8. The van der Waals surface area contributed by atoms with Gasteiger partial charge in [-0.15, -0.1) is 11.3 Å². The van der Waals surface area contributed by atoms with Crippen molar-refractivity contribution in [3.8, 4) is 21.9 Å². The molecule has 0 bridgehead atoms. The maximum atomic E-state index is 12.3. The standard InChI is InChI=1S/C22H22ClNO4S/c1-27-17-8-3-14(13-18(17)28-2)11-12-24-22(26)21(25)20-10-9-19(29-20)15-4-6-16(23)7-5-15/h3-10,13,21,25H,11-12H2,1-2H3,(H,24,26). The van der Waals surface area contributed by atoms with E-state index in [9.17, 15) is 9.90 Å². The molecule has 1 heterocycles. The zero-order valence-electron chi connectivity index (χ0n) is 16.1. The maximum Gasteiger partial charge on any atom is 0.254 e. The molecule has 3 rings (SSSR count). The van der Waals surface area contributed by atoms with Gasteiger partial charge in [0.15, 0.2) is 17.6 Å². The van der Waals surface area contributed by atoms with Crippen molar-refractivity contribution in [3.63, 3.8) is 0 Å². The largest absolute Gasteiger partial charge is 0.493 e. The monoisotopic (exact) mass is 431 g/mol. The third-order valence-corrected chi connectivity index (χ3v) is 5.87. The number of methoxy groups -OCH3 is 2. The minimum Gasteiger partial charge on any atom is -0.493 e. The molecule has 3 aromatic rings. The van der Waals surface area contributed by atoms with Crippen LogP contribution in [0.2, 0.25) is 5.02 Å². The number of ether oxygens (including phenoxy) is 2. The molecule has 7 heteroatoms. The van der Waals surface area contributed by atoms with E-state index in [1.165, 1.54) is 11.3 Å². The van der Waals surface area contributed by atoms with Gasteiger partial charge in [-0.05, 0) is 53.9 Å². The molecule has 0 aliphatic heterocycles. The van der Waals surface area contributed by atoms with E-state index in [0.29, 0.717) is 34.4 Å². The molecule has 0 saturated heterocycles. The molecular weight excluding hydrogens is 410 g/mol. The van der Waals surface area contributed by atoms with Crippen LogP contribution >= 0.6 is 22.9 Å². The average molecular weight is 432 g/mol. The Hall–Kier alpha value is -2.54. The van der Waals surface area contributed by atoms with Crippen LogP contribution in [0.1, 0.15) is 16.5 Å². The second kappa shape index (κ2) is 9.78. The molecule has 0 aliphatic rings. The summed E-state index contributed by atoms with van der Waals surface area (Å²) < 4.78 is 10.5. The fraction of sp³-hybridized carbons (Fsp3) is 0.227. The Bertz CT molecular complexity index is 971. The van der Waals surface area contributed by atoms with Gasteiger partial charge in [0, 0.05) is 21.3 Å². The molecule has 1 amide bonds. The molecule has 2 N–H and O–H groups in total. The first kappa shape index (κ1) is 21.2. The molecule has 2 aromatic carbocycles. The van der Waals surface area contributed by atoms with Crippen molar-refractivity contribution in [3.05, 3.63) is 70.1 Å². The highest BCUT2D eigenvalue weighted by Gasteiger charge is 2.19. The second-order valence-electron chi connectivity index (χ2n) is 6.34. The summed E-state index contributed by atoms with van der Waals surface area (Å²) in [5.41, 5.74) is 1.99. The molecule has 1 unspecified atom stereocenters. The summed E-state index contributed by atoms with van der Waals surface area (Å²) >= 11 is 7.30. The first-order valence-corrected chi connectivity index (χ1v) is 10.2. The first-order chi connectivity index (χ1) is 14.0. The summed E-state index contributed by atoms with van der Waals surface area (Å²) in [5, 5.41) is 13.8. The van der Waals surface area contributed by atoms with Gasteiger partial charge in [0.2, 0.25) is 0 Å². The lowest BCUT2D eigenvalue weighted by Crippen LogP contribution is -2.30. The molecule has 152 valence electrons. The third-order valence-electron chi connectivity index (χ3n) is 4.43. The summed E-state index contributed by atoms with van der Waals surface area (Å²) in [6.45, 7) is 0.404. The Labute approximate surface area is 178 Å². The van der Waals surface area contributed by atoms with Crippen LogP contribution in [0.4, 0.5) is 0 Å². The van der Waals surface area contributed by atoms with E-state index in [-0.39, 0.29) is 0 Å². The second-order valence-corrected chi connectivity index (χ2v) is 7.89. The van der Waals surface area contributed by atoms with Crippen molar-refractivity contribution in [2.45, 2.75) is 12.5 Å². The van der Waals surface area contributed by atoms with Crippen LogP contribution in [-0.4, -0.2) is 31.8 Å². The van der Waals surface area contributed by atoms with Crippen molar-refractivity contribution in [2.24, 2.45) is 0 Å². The SMILES string of the molecule is COc1ccc(CCNC(=O)C(O)c2ccc(-c3ccc(Cl)cc3)s2)cc1OC. The Kier molecular flexibility index (Phi) is 7.14. The predicted molar refractivity (Wildman–Crippen MR) is 116 cm³/mol. The number of hydrogen-bond acceptors (Lipinski definition) is 5. The normalized spacial score (nSPS) is 11.7. The van der Waals surface area contributed by atoms with Gasteiger partial charge in [-0.1, -0.05) is 29.8 Å². The number of hydrogen-bond donors (Lipinski definition) is 2. The molecule has 0 spiro atoms. The molecule has 0 radical (unpaired) electrons. The van der Waals surface area contributed by atoms with Crippen molar-refractivity contribution >= 4 is 28.8 Å². The first-order valence-electron chi connectivity index (χ1n) is 9.04. The molecule has 1 aromatic heterocycles. The smallest absolute Gasteiger partial charge is 0.254 e. The Morgan fingerprint density at radius 1 is 1.07 bits per heavy atom. The lowest BCUT2D eigenvalue weighted by molar-refractivity contribution is -0.129. The molecule has 5 nitrogen and oxygen atoms in total. The van der Waals surface area contributed by atoms with Crippen LogP contribution in [-0.2, 0) is 11.2 Å². The minimum absolute atomic E-state index is 0.404. The third kappa shape index (κ3) is 5.29. The fourth-order valence-electron chi connectivity index (χ4n) is 2.86.